The number of sulfonamides is 1. The lowest BCUT2D eigenvalue weighted by atomic mass is 10.2. The zero-order valence-electron chi connectivity index (χ0n) is 9.68. The molecule has 0 bridgehead atoms. The molecule has 19 heavy (non-hydrogen) atoms. The first-order valence-corrected chi connectivity index (χ1v) is 7.57. The number of halogens is 2. The highest BCUT2D eigenvalue weighted by atomic mass is 35.5. The summed E-state index contributed by atoms with van der Waals surface area (Å²) >= 11 is 11.6. The lowest BCUT2D eigenvalue weighted by Crippen LogP contribution is -2.23. The molecule has 7 heteroatoms. The molecule has 0 atom stereocenters. The van der Waals surface area contributed by atoms with Crippen molar-refractivity contribution >= 4 is 33.2 Å². The third-order valence-electron chi connectivity index (χ3n) is 2.42. The Balaban J connectivity index is 2.17. The Bertz CT molecular complexity index is 690. The van der Waals surface area contributed by atoms with Crippen molar-refractivity contribution in [3.8, 4) is 0 Å². The van der Waals surface area contributed by atoms with E-state index >= 15 is 0 Å². The van der Waals surface area contributed by atoms with Crippen LogP contribution in [-0.4, -0.2) is 13.4 Å². The molecule has 0 spiro atoms. The van der Waals surface area contributed by atoms with Gasteiger partial charge in [0.05, 0.1) is 4.90 Å². The zero-order valence-corrected chi connectivity index (χ0v) is 12.0. The Hall–Kier alpha value is -1.14. The van der Waals surface area contributed by atoms with Crippen molar-refractivity contribution in [2.45, 2.75) is 11.4 Å². The molecule has 0 aliphatic carbocycles. The number of rotatable bonds is 4. The minimum absolute atomic E-state index is 0.0690. The second kappa shape index (κ2) is 5.88. The van der Waals surface area contributed by atoms with E-state index in [1.807, 2.05) is 0 Å². The van der Waals surface area contributed by atoms with Crippen LogP contribution in [0, 0.1) is 0 Å². The van der Waals surface area contributed by atoms with E-state index in [2.05, 4.69) is 9.71 Å². The standard InChI is InChI=1S/C12H10Cl2N2O2S/c13-11-4-2-1-3-9(11)8-16-19(17,18)10-5-6-15-12(14)7-10/h1-7,16H,8H2. The molecular weight excluding hydrogens is 307 g/mol. The van der Waals surface area contributed by atoms with Crippen molar-refractivity contribution in [2.75, 3.05) is 0 Å². The molecule has 0 fully saturated rings. The third kappa shape index (κ3) is 3.67. The topological polar surface area (TPSA) is 59.1 Å². The van der Waals surface area contributed by atoms with Gasteiger partial charge in [-0.25, -0.2) is 18.1 Å². The minimum atomic E-state index is -3.63. The van der Waals surface area contributed by atoms with E-state index in [0.717, 1.165) is 0 Å². The summed E-state index contributed by atoms with van der Waals surface area (Å²) in [6, 6.07) is 9.69. The van der Waals surface area contributed by atoms with E-state index in [4.69, 9.17) is 23.2 Å². The van der Waals surface area contributed by atoms with Crippen LogP contribution >= 0.6 is 23.2 Å². The first kappa shape index (κ1) is 14.3. The normalized spacial score (nSPS) is 11.5. The molecule has 2 rings (SSSR count). The fourth-order valence-electron chi connectivity index (χ4n) is 1.45. The van der Waals surface area contributed by atoms with Crippen molar-refractivity contribution in [2.24, 2.45) is 0 Å². The van der Waals surface area contributed by atoms with Gasteiger partial charge in [-0.3, -0.25) is 0 Å². The van der Waals surface area contributed by atoms with Gasteiger partial charge in [0.2, 0.25) is 10.0 Å². The van der Waals surface area contributed by atoms with Gasteiger partial charge in [0.15, 0.2) is 0 Å². The van der Waals surface area contributed by atoms with Crippen molar-refractivity contribution in [3.05, 3.63) is 58.3 Å². The summed E-state index contributed by atoms with van der Waals surface area (Å²) in [7, 11) is -3.63. The molecule has 1 heterocycles. The van der Waals surface area contributed by atoms with Crippen LogP contribution < -0.4 is 4.72 Å². The van der Waals surface area contributed by atoms with Crippen molar-refractivity contribution in [1.82, 2.24) is 9.71 Å². The molecule has 0 aliphatic heterocycles. The molecule has 0 saturated heterocycles. The van der Waals surface area contributed by atoms with Crippen LogP contribution in [0.5, 0.6) is 0 Å². The summed E-state index contributed by atoms with van der Waals surface area (Å²) in [5.41, 5.74) is 0.702. The largest absolute Gasteiger partial charge is 0.244 e. The van der Waals surface area contributed by atoms with Gasteiger partial charge >= 0.3 is 0 Å². The Kier molecular flexibility index (Phi) is 4.42. The van der Waals surface area contributed by atoms with Gasteiger partial charge in [0.25, 0.3) is 0 Å². The van der Waals surface area contributed by atoms with E-state index in [1.54, 1.807) is 24.3 Å². The number of aromatic nitrogens is 1. The Morgan fingerprint density at radius 2 is 1.89 bits per heavy atom. The quantitative estimate of drug-likeness (QED) is 0.882. The molecule has 1 aromatic heterocycles. The summed E-state index contributed by atoms with van der Waals surface area (Å²) in [6.45, 7) is 0.113. The second-order valence-electron chi connectivity index (χ2n) is 3.73. The van der Waals surface area contributed by atoms with Gasteiger partial charge in [-0.05, 0) is 23.8 Å². The van der Waals surface area contributed by atoms with E-state index in [-0.39, 0.29) is 16.6 Å². The average molecular weight is 317 g/mol. The average Bonchev–Trinajstić information content (AvgIpc) is 2.38. The van der Waals surface area contributed by atoms with Gasteiger partial charge in [0, 0.05) is 17.8 Å². The highest BCUT2D eigenvalue weighted by molar-refractivity contribution is 7.89. The number of benzene rings is 1. The lowest BCUT2D eigenvalue weighted by Gasteiger charge is -2.08. The van der Waals surface area contributed by atoms with Gasteiger partial charge in [-0.2, -0.15) is 0 Å². The molecule has 0 amide bonds. The molecule has 1 N–H and O–H groups in total. The number of nitrogens with one attached hydrogen (secondary N) is 1. The van der Waals surface area contributed by atoms with Crippen LogP contribution in [0.3, 0.4) is 0 Å². The fourth-order valence-corrected chi connectivity index (χ4v) is 2.91. The number of hydrogen-bond acceptors (Lipinski definition) is 3. The Labute approximate surface area is 121 Å². The molecule has 4 nitrogen and oxygen atoms in total. The highest BCUT2D eigenvalue weighted by Crippen LogP contribution is 2.17. The Morgan fingerprint density at radius 1 is 1.16 bits per heavy atom. The maximum Gasteiger partial charge on any atom is 0.241 e. The van der Waals surface area contributed by atoms with E-state index in [0.29, 0.717) is 10.6 Å². The van der Waals surface area contributed by atoms with Crippen LogP contribution in [0.4, 0.5) is 0 Å². The predicted octanol–water partition coefficient (Wildman–Crippen LogP) is 2.87. The molecule has 0 aliphatic rings. The maximum atomic E-state index is 12.0. The maximum absolute atomic E-state index is 12.0. The summed E-state index contributed by atoms with van der Waals surface area (Å²) in [5, 5.41) is 0.638. The summed E-state index contributed by atoms with van der Waals surface area (Å²) in [5.74, 6) is 0. The monoisotopic (exact) mass is 316 g/mol. The number of nitrogens with zero attached hydrogens (tertiary/aromatic N) is 1. The summed E-state index contributed by atoms with van der Waals surface area (Å²) < 4.78 is 26.5. The van der Waals surface area contributed by atoms with Gasteiger partial charge < -0.3 is 0 Å². The fraction of sp³-hybridized carbons (Fsp3) is 0.0833. The molecular formula is C12H10Cl2N2O2S. The smallest absolute Gasteiger partial charge is 0.241 e. The number of pyridine rings is 1. The zero-order chi connectivity index (χ0) is 13.9. The van der Waals surface area contributed by atoms with Crippen LogP contribution in [-0.2, 0) is 16.6 Å². The minimum Gasteiger partial charge on any atom is -0.244 e. The van der Waals surface area contributed by atoms with Gasteiger partial charge in [-0.15, -0.1) is 0 Å². The van der Waals surface area contributed by atoms with Crippen LogP contribution in [0.25, 0.3) is 0 Å². The van der Waals surface area contributed by atoms with E-state index in [9.17, 15) is 8.42 Å². The molecule has 0 radical (unpaired) electrons. The van der Waals surface area contributed by atoms with Crippen molar-refractivity contribution < 1.29 is 8.42 Å². The Morgan fingerprint density at radius 3 is 2.58 bits per heavy atom. The molecule has 2 aromatic rings. The number of hydrogen-bond donors (Lipinski definition) is 1. The second-order valence-corrected chi connectivity index (χ2v) is 6.29. The van der Waals surface area contributed by atoms with Gasteiger partial charge in [0.1, 0.15) is 5.15 Å². The first-order chi connectivity index (χ1) is 8.99. The van der Waals surface area contributed by atoms with Crippen LogP contribution in [0.15, 0.2) is 47.5 Å². The molecule has 100 valence electrons. The van der Waals surface area contributed by atoms with Crippen molar-refractivity contribution in [1.29, 1.82) is 0 Å². The van der Waals surface area contributed by atoms with Crippen LogP contribution in [0.1, 0.15) is 5.56 Å². The third-order valence-corrected chi connectivity index (χ3v) is 4.39. The predicted molar refractivity (Wildman–Crippen MR) is 74.7 cm³/mol. The summed E-state index contributed by atoms with van der Waals surface area (Å²) in [6.07, 6.45) is 1.34. The van der Waals surface area contributed by atoms with Crippen molar-refractivity contribution in [3.63, 3.8) is 0 Å². The van der Waals surface area contributed by atoms with Crippen LogP contribution in [0.2, 0.25) is 10.2 Å². The molecule has 1 aromatic carbocycles. The lowest BCUT2D eigenvalue weighted by molar-refractivity contribution is 0.581. The first-order valence-electron chi connectivity index (χ1n) is 5.34. The molecule has 0 unspecified atom stereocenters. The van der Waals surface area contributed by atoms with Gasteiger partial charge in [-0.1, -0.05) is 41.4 Å². The highest BCUT2D eigenvalue weighted by Gasteiger charge is 2.14. The molecule has 0 saturated carbocycles. The van der Waals surface area contributed by atoms with E-state index < -0.39 is 10.0 Å². The summed E-state index contributed by atoms with van der Waals surface area (Å²) in [4.78, 5) is 3.81. The SMILES string of the molecule is O=S(=O)(NCc1ccccc1Cl)c1ccnc(Cl)c1. The van der Waals surface area contributed by atoms with E-state index in [1.165, 1.54) is 18.3 Å².